The van der Waals surface area contributed by atoms with Gasteiger partial charge in [-0.25, -0.2) is 0 Å². The molecule has 0 aliphatic carbocycles. The Labute approximate surface area is 216 Å². The lowest BCUT2D eigenvalue weighted by molar-refractivity contribution is 0.549. The monoisotopic (exact) mass is 570 g/mol. The minimum Gasteiger partial charge on any atom is -0.354 e. The lowest BCUT2D eigenvalue weighted by Gasteiger charge is -2.08. The second-order valence-corrected chi connectivity index (χ2v) is 8.18. The Balaban J connectivity index is 0.00000480. The van der Waals surface area contributed by atoms with Gasteiger partial charge >= 0.3 is 0 Å². The van der Waals surface area contributed by atoms with Crippen LogP contribution >= 0.6 is 34.0 Å². The second kappa shape index (κ2) is 20.5. The van der Waals surface area contributed by atoms with E-state index in [-0.39, 0.29) is 34.0 Å². The Hall–Kier alpha value is -1.14. The molecule has 0 saturated heterocycles. The maximum absolute atomic E-state index is 4.67. The number of nitrogens with zero attached hydrogens (tertiary/aromatic N) is 4. The van der Waals surface area contributed by atoms with Crippen LogP contribution in [0.25, 0.3) is 0 Å². The van der Waals surface area contributed by atoms with E-state index in [0.29, 0.717) is 0 Å². The van der Waals surface area contributed by atoms with Crippen LogP contribution in [0.3, 0.4) is 0 Å². The first kappa shape index (κ1) is 30.9. The highest BCUT2D eigenvalue weighted by Gasteiger charge is 1.93. The van der Waals surface area contributed by atoms with Crippen molar-refractivity contribution < 1.29 is 0 Å². The molecule has 0 N–H and O–H groups in total. The van der Waals surface area contributed by atoms with Gasteiger partial charge in [0.15, 0.2) is 0 Å². The molecule has 0 fully saturated rings. The summed E-state index contributed by atoms with van der Waals surface area (Å²) in [4.78, 5) is 9.34. The van der Waals surface area contributed by atoms with E-state index in [0.717, 1.165) is 36.9 Å². The Morgan fingerprint density at radius 2 is 0.906 bits per heavy atom. The summed E-state index contributed by atoms with van der Waals surface area (Å²) in [6, 6.07) is 8.55. The molecule has 0 spiro atoms. The van der Waals surface area contributed by atoms with E-state index in [9.17, 15) is 0 Å². The molecular weight excluding hydrogens is 528 g/mol. The third-order valence-corrected chi connectivity index (χ3v) is 5.44. The Bertz CT molecular complexity index is 717. The van der Waals surface area contributed by atoms with E-state index in [1.165, 1.54) is 64.2 Å². The van der Waals surface area contributed by atoms with Gasteiger partial charge in [0.2, 0.25) is 0 Å². The van der Waals surface area contributed by atoms with Gasteiger partial charge in [0.05, 0.1) is 10.7 Å². The fraction of sp³-hybridized carbons (Fsp3) is 0.615. The molecule has 0 aromatic carbocycles. The van der Waals surface area contributed by atoms with Crippen LogP contribution in [0.4, 0.5) is 0 Å². The summed E-state index contributed by atoms with van der Waals surface area (Å²) >= 11 is 0. The maximum atomic E-state index is 4.67. The summed E-state index contributed by atoms with van der Waals surface area (Å²) in [5, 5.41) is 2.21. The highest BCUT2D eigenvalue weighted by molar-refractivity contribution is 8.93. The number of hydrogen-bond donors (Lipinski definition) is 0. The van der Waals surface area contributed by atoms with Crippen molar-refractivity contribution in [2.24, 2.45) is 9.98 Å². The van der Waals surface area contributed by atoms with Crippen LogP contribution in [0.5, 0.6) is 0 Å². The normalized spacial score (nSPS) is 10.2. The summed E-state index contributed by atoms with van der Waals surface area (Å²) in [6.07, 6.45) is 21.2. The van der Waals surface area contributed by atoms with Crippen molar-refractivity contribution in [2.75, 3.05) is 13.1 Å². The minimum atomic E-state index is 0. The van der Waals surface area contributed by atoms with Crippen LogP contribution in [-0.2, 0) is 13.1 Å². The number of hydrogen-bond acceptors (Lipinski definition) is 2. The highest BCUT2D eigenvalue weighted by atomic mass is 79.9. The van der Waals surface area contributed by atoms with E-state index >= 15 is 0 Å². The lowest BCUT2D eigenvalue weighted by atomic mass is 10.2. The van der Waals surface area contributed by atoms with Crippen LogP contribution < -0.4 is 10.7 Å². The number of unbranched alkanes of at least 4 members (excludes halogenated alkanes) is 7. The number of aryl methyl sites for hydroxylation is 2. The van der Waals surface area contributed by atoms with E-state index < -0.39 is 0 Å². The Kier molecular flexibility index (Phi) is 19.7. The molecule has 182 valence electrons. The van der Waals surface area contributed by atoms with Crippen molar-refractivity contribution >= 4 is 34.0 Å². The zero-order valence-corrected chi connectivity index (χ0v) is 23.5. The first-order valence-corrected chi connectivity index (χ1v) is 12.1. The van der Waals surface area contributed by atoms with Gasteiger partial charge in [-0.1, -0.05) is 52.4 Å². The Morgan fingerprint density at radius 3 is 1.25 bits per heavy atom. The summed E-state index contributed by atoms with van der Waals surface area (Å²) in [5.41, 5.74) is 0. The average Bonchev–Trinajstić information content (AvgIpc) is 2.78. The van der Waals surface area contributed by atoms with Gasteiger partial charge < -0.3 is 9.13 Å². The van der Waals surface area contributed by atoms with Crippen LogP contribution in [0.1, 0.15) is 78.1 Å². The molecule has 0 unspecified atom stereocenters. The lowest BCUT2D eigenvalue weighted by Crippen LogP contribution is -2.08. The molecule has 0 aliphatic heterocycles. The fourth-order valence-corrected chi connectivity index (χ4v) is 3.49. The average molecular weight is 572 g/mol. The van der Waals surface area contributed by atoms with Crippen molar-refractivity contribution in [3.63, 3.8) is 0 Å². The van der Waals surface area contributed by atoms with Gasteiger partial charge in [-0.2, -0.15) is 0 Å². The van der Waals surface area contributed by atoms with Gasteiger partial charge in [0.25, 0.3) is 0 Å². The van der Waals surface area contributed by atoms with Crippen molar-refractivity contribution in [2.45, 2.75) is 91.1 Å². The summed E-state index contributed by atoms with van der Waals surface area (Å²) < 4.78 is 4.53. The van der Waals surface area contributed by atoms with Gasteiger partial charge in [-0.05, 0) is 49.9 Å². The van der Waals surface area contributed by atoms with Crippen molar-refractivity contribution in [3.05, 3.63) is 59.8 Å². The number of halogens is 2. The third kappa shape index (κ3) is 14.1. The first-order chi connectivity index (χ1) is 14.8. The van der Waals surface area contributed by atoms with Gasteiger partial charge in [0.1, 0.15) is 0 Å². The molecule has 0 bridgehead atoms. The van der Waals surface area contributed by atoms with Crippen molar-refractivity contribution in [1.82, 2.24) is 9.13 Å². The topological polar surface area (TPSA) is 34.6 Å². The molecule has 0 atom stereocenters. The standard InChI is InChI=1S/C26H42N4.2BrH/c1-3-5-7-9-17-27-25-13-21-29(22-14-25)19-11-12-20-30-23-15-26(16-24-30)28-18-10-8-6-4-2;;/h13-16,21-24H,3-12,17-20H2,1-2H3;2*1H. The smallest absolute Gasteiger partial charge is 0.0603 e. The first-order valence-electron chi connectivity index (χ1n) is 12.1. The second-order valence-electron chi connectivity index (χ2n) is 8.18. The predicted octanol–water partition coefficient (Wildman–Crippen LogP) is 6.89. The molecule has 2 aromatic heterocycles. The van der Waals surface area contributed by atoms with Gasteiger partial charge in [-0.3, -0.25) is 9.98 Å². The number of aromatic nitrogens is 2. The molecule has 32 heavy (non-hydrogen) atoms. The quantitative estimate of drug-likeness (QED) is 0.209. The van der Waals surface area contributed by atoms with Crippen LogP contribution in [0.15, 0.2) is 59.0 Å². The predicted molar refractivity (Wildman–Crippen MR) is 148 cm³/mol. The van der Waals surface area contributed by atoms with Crippen molar-refractivity contribution in [1.29, 1.82) is 0 Å². The van der Waals surface area contributed by atoms with Crippen LogP contribution in [-0.4, -0.2) is 22.2 Å². The molecule has 2 aromatic rings. The maximum Gasteiger partial charge on any atom is 0.0603 e. The summed E-state index contributed by atoms with van der Waals surface area (Å²) in [5.74, 6) is 0. The minimum absolute atomic E-state index is 0. The zero-order valence-electron chi connectivity index (χ0n) is 20.1. The molecule has 4 nitrogen and oxygen atoms in total. The zero-order chi connectivity index (χ0) is 21.3. The van der Waals surface area contributed by atoms with Gasteiger partial charge in [0, 0.05) is 51.0 Å². The molecule has 0 radical (unpaired) electrons. The van der Waals surface area contributed by atoms with Crippen LogP contribution in [0.2, 0.25) is 0 Å². The highest BCUT2D eigenvalue weighted by Crippen LogP contribution is 2.00. The van der Waals surface area contributed by atoms with Crippen LogP contribution in [0, 0.1) is 0 Å². The largest absolute Gasteiger partial charge is 0.354 e. The number of rotatable bonds is 15. The molecule has 0 saturated carbocycles. The molecule has 2 heterocycles. The van der Waals surface area contributed by atoms with Gasteiger partial charge in [-0.15, -0.1) is 34.0 Å². The van der Waals surface area contributed by atoms with E-state index in [1.54, 1.807) is 0 Å². The third-order valence-electron chi connectivity index (χ3n) is 5.44. The fourth-order valence-electron chi connectivity index (χ4n) is 3.49. The Morgan fingerprint density at radius 1 is 0.531 bits per heavy atom. The molecule has 0 amide bonds. The molecule has 0 aliphatic rings. The van der Waals surface area contributed by atoms with E-state index in [2.05, 4.69) is 82.0 Å². The van der Waals surface area contributed by atoms with E-state index in [4.69, 9.17) is 0 Å². The molecule has 6 heteroatoms. The summed E-state index contributed by atoms with van der Waals surface area (Å²) in [7, 11) is 0. The van der Waals surface area contributed by atoms with Crippen molar-refractivity contribution in [3.8, 4) is 0 Å². The molecule has 2 rings (SSSR count). The SMILES string of the molecule is Br.Br.CCCCCCN=c1ccn(CCCCn2ccc(=NCCCCCC)cc2)cc1. The number of pyridine rings is 2. The van der Waals surface area contributed by atoms with E-state index in [1.807, 2.05) is 0 Å². The summed E-state index contributed by atoms with van der Waals surface area (Å²) in [6.45, 7) is 8.51. The molecular formula is C26H44Br2N4.